The lowest BCUT2D eigenvalue weighted by atomic mass is 9.89. The van der Waals surface area contributed by atoms with E-state index in [9.17, 15) is 4.79 Å². The van der Waals surface area contributed by atoms with Crippen molar-refractivity contribution in [1.82, 2.24) is 24.4 Å². The van der Waals surface area contributed by atoms with Crippen molar-refractivity contribution in [1.29, 1.82) is 0 Å². The Balaban J connectivity index is 1.57. The molecule has 1 aliphatic heterocycles. The van der Waals surface area contributed by atoms with E-state index in [-0.39, 0.29) is 5.69 Å². The van der Waals surface area contributed by atoms with Gasteiger partial charge >= 0.3 is 5.69 Å². The van der Waals surface area contributed by atoms with Crippen LogP contribution in [0.1, 0.15) is 32.3 Å². The van der Waals surface area contributed by atoms with E-state index in [1.54, 1.807) is 33.2 Å². The number of nitrogens with zero attached hydrogens (tertiary/aromatic N) is 5. The number of hydrogen-bond donors (Lipinski definition) is 1. The van der Waals surface area contributed by atoms with Crippen molar-refractivity contribution in [2.75, 3.05) is 32.1 Å². The highest BCUT2D eigenvalue weighted by atomic mass is 19.1. The summed E-state index contributed by atoms with van der Waals surface area (Å²) in [7, 11) is 5.98. The largest absolute Gasteiger partial charge is 0.357 e. The summed E-state index contributed by atoms with van der Waals surface area (Å²) in [5.74, 6) is 0.944. The van der Waals surface area contributed by atoms with Crippen molar-refractivity contribution in [3.05, 3.63) is 52.7 Å². The molecule has 7 nitrogen and oxygen atoms in total. The molecule has 0 aliphatic carbocycles. The van der Waals surface area contributed by atoms with Crippen LogP contribution in [0.2, 0.25) is 0 Å². The van der Waals surface area contributed by atoms with Crippen LogP contribution in [-0.4, -0.2) is 57.6 Å². The quantitative estimate of drug-likeness (QED) is 0.492. The maximum absolute atomic E-state index is 15.3. The molecule has 3 aromatic heterocycles. The van der Waals surface area contributed by atoms with Crippen molar-refractivity contribution in [3.63, 3.8) is 0 Å². The molecule has 1 fully saturated rings. The number of aryl methyl sites for hydroxylation is 1. The first-order chi connectivity index (χ1) is 16.1. The van der Waals surface area contributed by atoms with Gasteiger partial charge in [-0.15, -0.1) is 0 Å². The smallest absolute Gasteiger partial charge is 0.326 e. The summed E-state index contributed by atoms with van der Waals surface area (Å²) in [6.07, 6.45) is 5.70. The third-order valence-electron chi connectivity index (χ3n) is 7.10. The van der Waals surface area contributed by atoms with E-state index in [2.05, 4.69) is 33.9 Å². The SMILES string of the molecule is CN(C)C1CCN(c2ccc(-c3cc4c(cc3C(C)(C)F)ncc3c4[nH]c(=O)n3C)cn2)CC1. The van der Waals surface area contributed by atoms with Crippen LogP contribution in [0.15, 0.2) is 41.5 Å². The predicted molar refractivity (Wildman–Crippen MR) is 135 cm³/mol. The van der Waals surface area contributed by atoms with E-state index in [1.807, 2.05) is 24.4 Å². The van der Waals surface area contributed by atoms with Crippen molar-refractivity contribution in [3.8, 4) is 11.1 Å². The fourth-order valence-corrected chi connectivity index (χ4v) is 4.99. The van der Waals surface area contributed by atoms with Gasteiger partial charge < -0.3 is 14.8 Å². The van der Waals surface area contributed by atoms with Gasteiger partial charge in [0.1, 0.15) is 11.5 Å². The Labute approximate surface area is 198 Å². The number of imidazole rings is 1. The molecule has 4 aromatic rings. The Morgan fingerprint density at radius 1 is 1.12 bits per heavy atom. The van der Waals surface area contributed by atoms with Gasteiger partial charge in [-0.3, -0.25) is 9.55 Å². The lowest BCUT2D eigenvalue weighted by molar-refractivity contribution is 0.222. The minimum atomic E-state index is -1.57. The van der Waals surface area contributed by atoms with Gasteiger partial charge in [0.15, 0.2) is 0 Å². The molecule has 1 aliphatic rings. The van der Waals surface area contributed by atoms with Crippen LogP contribution in [0, 0.1) is 0 Å². The van der Waals surface area contributed by atoms with Crippen LogP contribution in [-0.2, 0) is 12.7 Å². The van der Waals surface area contributed by atoms with Crippen LogP contribution >= 0.6 is 0 Å². The zero-order chi connectivity index (χ0) is 24.2. The van der Waals surface area contributed by atoms with Crippen LogP contribution in [0.3, 0.4) is 0 Å². The number of aromatic amines is 1. The second-order valence-corrected chi connectivity index (χ2v) is 9.98. The van der Waals surface area contributed by atoms with Crippen LogP contribution in [0.5, 0.6) is 0 Å². The summed E-state index contributed by atoms with van der Waals surface area (Å²) >= 11 is 0. The molecule has 1 N–H and O–H groups in total. The second-order valence-electron chi connectivity index (χ2n) is 9.98. The third kappa shape index (κ3) is 3.86. The lowest BCUT2D eigenvalue weighted by Gasteiger charge is -2.35. The fourth-order valence-electron chi connectivity index (χ4n) is 4.99. The topological polar surface area (TPSA) is 70.0 Å². The molecular formula is C26H31FN6O. The number of fused-ring (bicyclic) bond motifs is 3. The summed E-state index contributed by atoms with van der Waals surface area (Å²) in [4.78, 5) is 29.0. The lowest BCUT2D eigenvalue weighted by Crippen LogP contribution is -2.42. The highest BCUT2D eigenvalue weighted by molar-refractivity contribution is 6.04. The number of hydrogen-bond acceptors (Lipinski definition) is 5. The zero-order valence-corrected chi connectivity index (χ0v) is 20.4. The molecule has 8 heteroatoms. The Kier molecular flexibility index (Phi) is 5.43. The van der Waals surface area contributed by atoms with E-state index >= 15 is 4.39 Å². The van der Waals surface area contributed by atoms with Crippen molar-refractivity contribution < 1.29 is 4.39 Å². The van der Waals surface area contributed by atoms with Gasteiger partial charge in [-0.1, -0.05) is 0 Å². The minimum Gasteiger partial charge on any atom is -0.357 e. The van der Waals surface area contributed by atoms with Gasteiger partial charge in [0.25, 0.3) is 0 Å². The number of piperidine rings is 1. The van der Waals surface area contributed by atoms with Gasteiger partial charge in [0.05, 0.1) is 22.7 Å². The second kappa shape index (κ2) is 8.20. The number of aromatic nitrogens is 4. The normalized spacial score (nSPS) is 15.7. The number of H-pyrrole nitrogens is 1. The van der Waals surface area contributed by atoms with Crippen LogP contribution in [0.4, 0.5) is 10.2 Å². The average molecular weight is 463 g/mol. The molecule has 178 valence electrons. The molecule has 4 heterocycles. The summed E-state index contributed by atoms with van der Waals surface area (Å²) in [5.41, 5.74) is 2.43. The number of anilines is 1. The first kappa shape index (κ1) is 22.5. The fraction of sp³-hybridized carbons (Fsp3) is 0.423. The molecule has 0 bridgehead atoms. The van der Waals surface area contributed by atoms with Gasteiger partial charge in [-0.05, 0) is 76.2 Å². The molecule has 0 atom stereocenters. The molecule has 0 spiro atoms. The van der Waals surface area contributed by atoms with Crippen molar-refractivity contribution in [2.45, 2.75) is 38.4 Å². The minimum absolute atomic E-state index is 0.204. The summed E-state index contributed by atoms with van der Waals surface area (Å²) in [6.45, 7) is 5.05. The number of nitrogens with one attached hydrogen (secondary N) is 1. The van der Waals surface area contributed by atoms with Gasteiger partial charge in [0, 0.05) is 43.3 Å². The summed E-state index contributed by atoms with van der Waals surface area (Å²) < 4.78 is 16.9. The Morgan fingerprint density at radius 3 is 2.47 bits per heavy atom. The van der Waals surface area contributed by atoms with Crippen molar-refractivity contribution in [2.24, 2.45) is 7.05 Å². The molecule has 1 saturated heterocycles. The summed E-state index contributed by atoms with van der Waals surface area (Å²) in [6, 6.07) is 8.36. The van der Waals surface area contributed by atoms with Gasteiger partial charge in [-0.25, -0.2) is 14.2 Å². The number of alkyl halides is 1. The van der Waals surface area contributed by atoms with E-state index in [1.165, 1.54) is 4.57 Å². The Bertz CT molecular complexity index is 1410. The maximum Gasteiger partial charge on any atom is 0.326 e. The first-order valence-corrected chi connectivity index (χ1v) is 11.7. The van der Waals surface area contributed by atoms with E-state index in [0.717, 1.165) is 48.3 Å². The monoisotopic (exact) mass is 462 g/mol. The molecule has 0 radical (unpaired) electrons. The van der Waals surface area contributed by atoms with Crippen molar-refractivity contribution >= 4 is 27.8 Å². The van der Waals surface area contributed by atoms with Gasteiger partial charge in [-0.2, -0.15) is 0 Å². The predicted octanol–water partition coefficient (Wildman–Crippen LogP) is 4.21. The first-order valence-electron chi connectivity index (χ1n) is 11.7. The Hall–Kier alpha value is -3.26. The maximum atomic E-state index is 15.3. The number of halogens is 1. The van der Waals surface area contributed by atoms with Crippen LogP contribution in [0.25, 0.3) is 33.1 Å². The molecule has 5 rings (SSSR count). The molecule has 0 amide bonds. The standard InChI is InChI=1S/C26H31FN6O/c1-26(2,27)20-13-21-19(24-22(15-28-21)32(5)25(34)30-24)12-18(20)16-6-7-23(29-14-16)33-10-8-17(9-11-33)31(3)4/h6-7,12-15,17H,8-11H2,1-5H3,(H,30,34). The number of benzene rings is 1. The molecule has 1 aromatic carbocycles. The number of pyridine rings is 2. The van der Waals surface area contributed by atoms with Crippen LogP contribution < -0.4 is 10.6 Å². The molecule has 0 unspecified atom stereocenters. The summed E-state index contributed by atoms with van der Waals surface area (Å²) in [5, 5.41) is 0.785. The Morgan fingerprint density at radius 2 is 1.85 bits per heavy atom. The molecular weight excluding hydrogens is 431 g/mol. The highest BCUT2D eigenvalue weighted by Crippen LogP contribution is 2.38. The molecule has 0 saturated carbocycles. The third-order valence-corrected chi connectivity index (χ3v) is 7.10. The van der Waals surface area contributed by atoms with E-state index < -0.39 is 5.67 Å². The molecule has 34 heavy (non-hydrogen) atoms. The highest BCUT2D eigenvalue weighted by Gasteiger charge is 2.26. The average Bonchev–Trinajstić information content (AvgIpc) is 3.11. The van der Waals surface area contributed by atoms with E-state index in [0.29, 0.717) is 28.2 Å². The van der Waals surface area contributed by atoms with E-state index in [4.69, 9.17) is 4.98 Å². The van der Waals surface area contributed by atoms with Gasteiger partial charge in [0.2, 0.25) is 0 Å². The number of rotatable bonds is 4. The zero-order valence-electron chi connectivity index (χ0n) is 20.4.